The maximum absolute atomic E-state index is 13.0. The summed E-state index contributed by atoms with van der Waals surface area (Å²) in [6.07, 6.45) is 1.00. The smallest absolute Gasteiger partial charge is 0.227 e. The van der Waals surface area contributed by atoms with Crippen LogP contribution in [0.15, 0.2) is 48.5 Å². The number of anilines is 1. The van der Waals surface area contributed by atoms with E-state index in [9.17, 15) is 17.6 Å². The Labute approximate surface area is 177 Å². The number of carbonyl (C=O) groups is 1. The van der Waals surface area contributed by atoms with Crippen molar-refractivity contribution >= 4 is 21.6 Å². The Morgan fingerprint density at radius 1 is 1.10 bits per heavy atom. The summed E-state index contributed by atoms with van der Waals surface area (Å²) in [5.74, 6) is -0.181. The number of rotatable bonds is 7. The molecule has 1 amide bonds. The molecule has 1 N–H and O–H groups in total. The second-order valence-corrected chi connectivity index (χ2v) is 9.71. The highest BCUT2D eigenvalue weighted by molar-refractivity contribution is 7.88. The van der Waals surface area contributed by atoms with Crippen LogP contribution in [0.4, 0.5) is 10.1 Å². The number of carbonyl (C=O) groups excluding carboxylic acids is 1. The molecule has 1 heterocycles. The lowest BCUT2D eigenvalue weighted by Crippen LogP contribution is -2.41. The Hall–Kier alpha value is -2.45. The molecule has 1 aliphatic rings. The van der Waals surface area contributed by atoms with Crippen molar-refractivity contribution in [2.75, 3.05) is 18.4 Å². The van der Waals surface area contributed by atoms with Crippen molar-refractivity contribution in [1.29, 1.82) is 0 Å². The van der Waals surface area contributed by atoms with Gasteiger partial charge in [-0.1, -0.05) is 12.1 Å². The minimum absolute atomic E-state index is 0.0787. The molecule has 162 valence electrons. The molecule has 8 heteroatoms. The van der Waals surface area contributed by atoms with E-state index in [0.717, 1.165) is 5.75 Å². The van der Waals surface area contributed by atoms with Gasteiger partial charge in [-0.05, 0) is 68.7 Å². The van der Waals surface area contributed by atoms with Gasteiger partial charge in [0.25, 0.3) is 0 Å². The molecule has 0 bridgehead atoms. The van der Waals surface area contributed by atoms with Crippen molar-refractivity contribution in [1.82, 2.24) is 4.31 Å². The van der Waals surface area contributed by atoms with Gasteiger partial charge in [0.2, 0.25) is 15.9 Å². The summed E-state index contributed by atoms with van der Waals surface area (Å²) in [7, 11) is -3.51. The largest absolute Gasteiger partial charge is 0.491 e. The predicted molar refractivity (Wildman–Crippen MR) is 114 cm³/mol. The summed E-state index contributed by atoms with van der Waals surface area (Å²) in [4.78, 5) is 12.6. The van der Waals surface area contributed by atoms with E-state index in [4.69, 9.17) is 4.74 Å². The first-order valence-corrected chi connectivity index (χ1v) is 11.6. The van der Waals surface area contributed by atoms with Crippen LogP contribution in [-0.4, -0.2) is 37.8 Å². The van der Waals surface area contributed by atoms with Gasteiger partial charge < -0.3 is 10.1 Å². The number of sulfonamides is 1. The minimum Gasteiger partial charge on any atom is -0.491 e. The fourth-order valence-electron chi connectivity index (χ4n) is 3.41. The summed E-state index contributed by atoms with van der Waals surface area (Å²) < 4.78 is 45.3. The van der Waals surface area contributed by atoms with Gasteiger partial charge in [-0.25, -0.2) is 17.1 Å². The van der Waals surface area contributed by atoms with Gasteiger partial charge in [0.1, 0.15) is 11.6 Å². The fourth-order valence-corrected chi connectivity index (χ4v) is 4.98. The third kappa shape index (κ3) is 6.03. The molecule has 0 aromatic heterocycles. The van der Waals surface area contributed by atoms with E-state index in [-0.39, 0.29) is 23.7 Å². The number of amides is 1. The molecule has 0 unspecified atom stereocenters. The monoisotopic (exact) mass is 434 g/mol. The maximum Gasteiger partial charge on any atom is 0.227 e. The molecular formula is C22H27FN2O4S. The van der Waals surface area contributed by atoms with Crippen molar-refractivity contribution in [3.05, 3.63) is 59.9 Å². The summed E-state index contributed by atoms with van der Waals surface area (Å²) in [5, 5.41) is 2.89. The predicted octanol–water partition coefficient (Wildman–Crippen LogP) is 3.79. The first-order chi connectivity index (χ1) is 14.2. The molecule has 1 aliphatic heterocycles. The van der Waals surface area contributed by atoms with Crippen LogP contribution in [-0.2, 0) is 20.6 Å². The van der Waals surface area contributed by atoms with Crippen LogP contribution in [0.1, 0.15) is 32.3 Å². The maximum atomic E-state index is 13.0. The zero-order valence-electron chi connectivity index (χ0n) is 17.2. The van der Waals surface area contributed by atoms with E-state index in [0.29, 0.717) is 37.2 Å². The molecule has 1 fully saturated rings. The molecule has 0 atom stereocenters. The average Bonchev–Trinajstić information content (AvgIpc) is 2.71. The number of ether oxygens (including phenoxy) is 1. The average molecular weight is 435 g/mol. The molecule has 30 heavy (non-hydrogen) atoms. The molecule has 6 nitrogen and oxygen atoms in total. The zero-order valence-corrected chi connectivity index (χ0v) is 18.0. The van der Waals surface area contributed by atoms with Crippen LogP contribution >= 0.6 is 0 Å². The van der Waals surface area contributed by atoms with Gasteiger partial charge >= 0.3 is 0 Å². The number of benzene rings is 2. The SMILES string of the molecule is CC(C)Oc1ccc(NC(=O)C2CCN(S(=O)(=O)Cc3ccc(F)cc3)CC2)cc1. The lowest BCUT2D eigenvalue weighted by atomic mass is 9.97. The molecule has 0 spiro atoms. The minimum atomic E-state index is -3.51. The lowest BCUT2D eigenvalue weighted by molar-refractivity contribution is -0.120. The Morgan fingerprint density at radius 3 is 2.27 bits per heavy atom. The van der Waals surface area contributed by atoms with Crippen molar-refractivity contribution < 1.29 is 22.3 Å². The normalized spacial score (nSPS) is 15.9. The Morgan fingerprint density at radius 2 is 1.70 bits per heavy atom. The van der Waals surface area contributed by atoms with Gasteiger partial charge in [0.05, 0.1) is 11.9 Å². The number of piperidine rings is 1. The van der Waals surface area contributed by atoms with E-state index in [2.05, 4.69) is 5.32 Å². The topological polar surface area (TPSA) is 75.7 Å². The molecule has 0 aliphatic carbocycles. The molecule has 0 radical (unpaired) electrons. The van der Waals surface area contributed by atoms with Crippen molar-refractivity contribution in [2.45, 2.75) is 38.5 Å². The van der Waals surface area contributed by atoms with Crippen LogP contribution in [0.3, 0.4) is 0 Å². The summed E-state index contributed by atoms with van der Waals surface area (Å²) in [5.41, 5.74) is 1.23. The lowest BCUT2D eigenvalue weighted by Gasteiger charge is -2.30. The molecule has 0 saturated carbocycles. The number of halogens is 1. The third-order valence-electron chi connectivity index (χ3n) is 4.97. The third-order valence-corrected chi connectivity index (χ3v) is 6.82. The standard InChI is InChI=1S/C22H27FN2O4S/c1-16(2)29-21-9-7-20(8-10-21)24-22(26)18-11-13-25(14-12-18)30(27,28)15-17-3-5-19(23)6-4-17/h3-10,16,18H,11-15H2,1-2H3,(H,24,26). The Kier molecular flexibility index (Phi) is 7.10. The Bertz CT molecular complexity index is 952. The second kappa shape index (κ2) is 9.57. The van der Waals surface area contributed by atoms with Crippen LogP contribution in [0.5, 0.6) is 5.75 Å². The number of nitrogens with zero attached hydrogens (tertiary/aromatic N) is 1. The summed E-state index contributed by atoms with van der Waals surface area (Å²) in [6, 6.07) is 12.7. The molecule has 2 aromatic rings. The number of hydrogen-bond acceptors (Lipinski definition) is 4. The summed E-state index contributed by atoms with van der Waals surface area (Å²) >= 11 is 0. The highest BCUT2D eigenvalue weighted by Gasteiger charge is 2.31. The van der Waals surface area contributed by atoms with Crippen LogP contribution in [0, 0.1) is 11.7 Å². The molecular weight excluding hydrogens is 407 g/mol. The van der Waals surface area contributed by atoms with E-state index < -0.39 is 15.8 Å². The van der Waals surface area contributed by atoms with Crippen molar-refractivity contribution in [3.63, 3.8) is 0 Å². The fraction of sp³-hybridized carbons (Fsp3) is 0.409. The van der Waals surface area contributed by atoms with Crippen LogP contribution < -0.4 is 10.1 Å². The first-order valence-electron chi connectivity index (χ1n) is 10.0. The van der Waals surface area contributed by atoms with Gasteiger partial charge in [-0.15, -0.1) is 0 Å². The Balaban J connectivity index is 1.51. The van der Waals surface area contributed by atoms with Gasteiger partial charge in [0.15, 0.2) is 0 Å². The zero-order chi connectivity index (χ0) is 21.7. The van der Waals surface area contributed by atoms with Crippen LogP contribution in [0.25, 0.3) is 0 Å². The molecule has 3 rings (SSSR count). The first kappa shape index (κ1) is 22.2. The van der Waals surface area contributed by atoms with Crippen LogP contribution in [0.2, 0.25) is 0 Å². The second-order valence-electron chi connectivity index (χ2n) is 7.74. The summed E-state index contributed by atoms with van der Waals surface area (Å²) in [6.45, 7) is 4.48. The van der Waals surface area contributed by atoms with E-state index in [1.54, 1.807) is 24.3 Å². The van der Waals surface area contributed by atoms with E-state index >= 15 is 0 Å². The molecule has 2 aromatic carbocycles. The van der Waals surface area contributed by atoms with E-state index in [1.165, 1.54) is 28.6 Å². The van der Waals surface area contributed by atoms with Gasteiger partial charge in [0, 0.05) is 24.7 Å². The van der Waals surface area contributed by atoms with Gasteiger partial charge in [-0.2, -0.15) is 0 Å². The highest BCUT2D eigenvalue weighted by Crippen LogP contribution is 2.24. The van der Waals surface area contributed by atoms with Crippen molar-refractivity contribution in [2.24, 2.45) is 5.92 Å². The quantitative estimate of drug-likeness (QED) is 0.719. The highest BCUT2D eigenvalue weighted by atomic mass is 32.2. The number of nitrogens with one attached hydrogen (secondary N) is 1. The number of hydrogen-bond donors (Lipinski definition) is 1. The van der Waals surface area contributed by atoms with Crippen molar-refractivity contribution in [3.8, 4) is 5.75 Å². The molecule has 1 saturated heterocycles. The van der Waals surface area contributed by atoms with Gasteiger partial charge in [-0.3, -0.25) is 4.79 Å². The van der Waals surface area contributed by atoms with E-state index in [1.807, 2.05) is 13.8 Å².